The molecule has 2 nitrogen and oxygen atoms in total. The van der Waals surface area contributed by atoms with Gasteiger partial charge in [0.2, 0.25) is 0 Å². The molecule has 0 aromatic heterocycles. The number of carbonyl (C=O) groups excluding carboxylic acids is 1. The van der Waals surface area contributed by atoms with Gasteiger partial charge < -0.3 is 4.74 Å². The minimum Gasteiger partial charge on any atom is -0.426 e. The molecule has 0 heterocycles. The zero-order chi connectivity index (χ0) is 31.6. The van der Waals surface area contributed by atoms with E-state index in [1.807, 2.05) is 30.4 Å². The first-order chi connectivity index (χ1) is 18.5. The SMILES string of the molecule is C=C(C)CCCC(=O)Oc1c(C(C)(C)C)cc(SC(C)Sc2cc(C(C)(C)C)cc(C(C)(C)C)c2)cc1C(C)(C)C. The highest BCUT2D eigenvalue weighted by molar-refractivity contribution is 8.17. The number of esters is 1. The maximum atomic E-state index is 13.0. The van der Waals surface area contributed by atoms with Gasteiger partial charge in [-0.1, -0.05) is 94.7 Å². The Kier molecular flexibility index (Phi) is 11.6. The lowest BCUT2D eigenvalue weighted by Gasteiger charge is -2.30. The number of carbonyl (C=O) groups is 1. The summed E-state index contributed by atoms with van der Waals surface area (Å²) in [4.78, 5) is 15.5. The molecule has 0 aliphatic heterocycles. The molecule has 0 aliphatic rings. The van der Waals surface area contributed by atoms with Crippen molar-refractivity contribution in [3.05, 3.63) is 64.7 Å². The molecule has 0 radical (unpaired) electrons. The molecule has 0 amide bonds. The maximum Gasteiger partial charge on any atom is 0.311 e. The summed E-state index contributed by atoms with van der Waals surface area (Å²) in [5.41, 5.74) is 5.85. The normalized spacial score (nSPS) is 13.7. The van der Waals surface area contributed by atoms with E-state index in [0.29, 0.717) is 11.0 Å². The molecule has 0 N–H and O–H groups in total. The lowest BCUT2D eigenvalue weighted by molar-refractivity contribution is -0.134. The third-order valence-electron chi connectivity index (χ3n) is 7.12. The van der Waals surface area contributed by atoms with Crippen LogP contribution in [0.4, 0.5) is 0 Å². The molecular formula is C37H56O2S2. The average Bonchev–Trinajstić information content (AvgIpc) is 2.76. The molecule has 0 saturated carbocycles. The Morgan fingerprint density at radius 1 is 0.707 bits per heavy atom. The molecule has 1 unspecified atom stereocenters. The van der Waals surface area contributed by atoms with Crippen LogP contribution in [-0.2, 0) is 26.5 Å². The van der Waals surface area contributed by atoms with Gasteiger partial charge in [-0.3, -0.25) is 4.79 Å². The summed E-state index contributed by atoms with van der Waals surface area (Å²) in [5, 5.41) is 0. The minimum absolute atomic E-state index is 0.0912. The second kappa shape index (κ2) is 13.3. The van der Waals surface area contributed by atoms with Crippen LogP contribution in [0.3, 0.4) is 0 Å². The standard InChI is InChI=1S/C37H56O2S2/c1-24(2)17-16-18-32(38)39-33-30(36(10,11)12)22-29(23-31(33)37(13,14)15)41-25(3)40-28-20-26(34(4,5)6)19-27(21-28)35(7,8)9/h19-23,25H,1,16-18H2,2-15H3. The van der Waals surface area contributed by atoms with Crippen LogP contribution in [0.25, 0.3) is 0 Å². The van der Waals surface area contributed by atoms with Gasteiger partial charge in [-0.05, 0) is 83.7 Å². The number of hydrogen-bond donors (Lipinski definition) is 0. The van der Waals surface area contributed by atoms with E-state index in [2.05, 4.69) is 127 Å². The predicted octanol–water partition coefficient (Wildman–Crippen LogP) is 11.8. The molecule has 2 aromatic rings. The molecular weight excluding hydrogens is 541 g/mol. The summed E-state index contributed by atoms with van der Waals surface area (Å²) < 4.78 is 6.47. The summed E-state index contributed by atoms with van der Waals surface area (Å²) in [6.45, 7) is 35.2. The van der Waals surface area contributed by atoms with E-state index in [0.717, 1.165) is 35.3 Å². The van der Waals surface area contributed by atoms with E-state index in [1.54, 1.807) is 0 Å². The number of ether oxygens (including phenoxy) is 1. The van der Waals surface area contributed by atoms with E-state index < -0.39 is 0 Å². The van der Waals surface area contributed by atoms with Gasteiger partial charge in [0.05, 0.1) is 4.58 Å². The van der Waals surface area contributed by atoms with Crippen LogP contribution in [0.2, 0.25) is 0 Å². The second-order valence-electron chi connectivity index (χ2n) is 15.7. The van der Waals surface area contributed by atoms with Gasteiger partial charge in [0.1, 0.15) is 5.75 Å². The predicted molar refractivity (Wildman–Crippen MR) is 183 cm³/mol. The number of allylic oxidation sites excluding steroid dienone is 1. The Bertz CT molecular complexity index is 1160. The summed E-state index contributed by atoms with van der Waals surface area (Å²) in [5.74, 6) is 0.572. The van der Waals surface area contributed by atoms with Crippen molar-refractivity contribution in [1.82, 2.24) is 0 Å². The fourth-order valence-corrected chi connectivity index (χ4v) is 6.92. The van der Waals surface area contributed by atoms with E-state index in [9.17, 15) is 4.79 Å². The van der Waals surface area contributed by atoms with Crippen molar-refractivity contribution in [2.75, 3.05) is 0 Å². The Morgan fingerprint density at radius 3 is 1.49 bits per heavy atom. The van der Waals surface area contributed by atoms with Crippen LogP contribution in [0.1, 0.15) is 138 Å². The maximum absolute atomic E-state index is 13.0. The van der Waals surface area contributed by atoms with Crippen molar-refractivity contribution >= 4 is 29.5 Å². The summed E-state index contributed by atoms with van der Waals surface area (Å²) in [6, 6.07) is 11.6. The second-order valence-corrected chi connectivity index (χ2v) is 18.8. The van der Waals surface area contributed by atoms with Gasteiger partial charge in [0, 0.05) is 27.3 Å². The van der Waals surface area contributed by atoms with Crippen LogP contribution in [0, 0.1) is 0 Å². The van der Waals surface area contributed by atoms with Crippen LogP contribution in [-0.4, -0.2) is 10.6 Å². The van der Waals surface area contributed by atoms with Crippen molar-refractivity contribution in [2.45, 2.75) is 152 Å². The van der Waals surface area contributed by atoms with Crippen molar-refractivity contribution in [3.8, 4) is 5.75 Å². The molecule has 2 rings (SSSR count). The van der Waals surface area contributed by atoms with Crippen molar-refractivity contribution in [2.24, 2.45) is 0 Å². The Labute approximate surface area is 260 Å². The van der Waals surface area contributed by atoms with Gasteiger partial charge in [-0.15, -0.1) is 30.1 Å². The number of thioether (sulfide) groups is 2. The zero-order valence-corrected chi connectivity index (χ0v) is 30.1. The minimum atomic E-state index is -0.178. The van der Waals surface area contributed by atoms with Crippen LogP contribution < -0.4 is 4.74 Å². The molecule has 41 heavy (non-hydrogen) atoms. The van der Waals surface area contributed by atoms with Crippen LogP contribution in [0.5, 0.6) is 5.75 Å². The quantitative estimate of drug-likeness (QED) is 0.0945. The van der Waals surface area contributed by atoms with Crippen LogP contribution >= 0.6 is 23.5 Å². The van der Waals surface area contributed by atoms with Gasteiger partial charge in [-0.2, -0.15) is 0 Å². The largest absolute Gasteiger partial charge is 0.426 e. The van der Waals surface area contributed by atoms with Crippen molar-refractivity contribution < 1.29 is 9.53 Å². The number of hydrogen-bond acceptors (Lipinski definition) is 4. The smallest absolute Gasteiger partial charge is 0.311 e. The van der Waals surface area contributed by atoms with Gasteiger partial charge >= 0.3 is 5.97 Å². The van der Waals surface area contributed by atoms with E-state index >= 15 is 0 Å². The van der Waals surface area contributed by atoms with E-state index in [1.165, 1.54) is 20.9 Å². The molecule has 0 bridgehead atoms. The number of rotatable bonds is 9. The fourth-order valence-electron chi connectivity index (χ4n) is 4.53. The molecule has 0 fully saturated rings. The van der Waals surface area contributed by atoms with E-state index in [-0.39, 0.29) is 27.6 Å². The molecule has 1 atom stereocenters. The molecule has 2 aromatic carbocycles. The summed E-state index contributed by atoms with van der Waals surface area (Å²) in [7, 11) is 0. The van der Waals surface area contributed by atoms with Crippen LogP contribution in [0.15, 0.2) is 52.3 Å². The Hall–Kier alpha value is -1.65. The lowest BCUT2D eigenvalue weighted by Crippen LogP contribution is -2.22. The first kappa shape index (κ1) is 35.5. The highest BCUT2D eigenvalue weighted by Crippen LogP contribution is 2.45. The molecule has 0 saturated heterocycles. The first-order valence-corrected chi connectivity index (χ1v) is 16.8. The number of benzene rings is 2. The topological polar surface area (TPSA) is 26.3 Å². The molecule has 228 valence electrons. The van der Waals surface area contributed by atoms with Gasteiger partial charge in [0.25, 0.3) is 0 Å². The average molecular weight is 597 g/mol. The fraction of sp³-hybridized carbons (Fsp3) is 0.595. The van der Waals surface area contributed by atoms with Crippen molar-refractivity contribution in [1.29, 1.82) is 0 Å². The highest BCUT2D eigenvalue weighted by Gasteiger charge is 2.30. The highest BCUT2D eigenvalue weighted by atomic mass is 32.2. The van der Waals surface area contributed by atoms with Gasteiger partial charge in [0.15, 0.2) is 0 Å². The monoisotopic (exact) mass is 596 g/mol. The lowest BCUT2D eigenvalue weighted by atomic mass is 9.79. The van der Waals surface area contributed by atoms with E-state index in [4.69, 9.17) is 4.74 Å². The van der Waals surface area contributed by atoms with Crippen molar-refractivity contribution in [3.63, 3.8) is 0 Å². The molecule has 0 aliphatic carbocycles. The summed E-state index contributed by atoms with van der Waals surface area (Å²) in [6.07, 6.45) is 2.00. The zero-order valence-electron chi connectivity index (χ0n) is 28.4. The third kappa shape index (κ3) is 10.8. The Morgan fingerprint density at radius 2 is 1.12 bits per heavy atom. The Balaban J connectivity index is 2.47. The molecule has 4 heteroatoms. The summed E-state index contributed by atoms with van der Waals surface area (Å²) >= 11 is 3.81. The van der Waals surface area contributed by atoms with Gasteiger partial charge in [-0.25, -0.2) is 0 Å². The first-order valence-electron chi connectivity index (χ1n) is 15.0. The molecule has 0 spiro atoms. The third-order valence-corrected chi connectivity index (χ3v) is 9.38.